The molecule has 5 heteroatoms. The van der Waals surface area contributed by atoms with E-state index in [0.717, 1.165) is 29.1 Å². The molecule has 1 aromatic carbocycles. The molecule has 0 fully saturated rings. The van der Waals surface area contributed by atoms with Crippen LogP contribution in [0.5, 0.6) is 0 Å². The highest BCUT2D eigenvalue weighted by Gasteiger charge is 2.21. The average molecular weight is 364 g/mol. The number of furan rings is 1. The van der Waals surface area contributed by atoms with E-state index in [0.29, 0.717) is 18.7 Å². The van der Waals surface area contributed by atoms with Crippen molar-refractivity contribution in [1.82, 2.24) is 4.57 Å². The number of para-hydroxylation sites is 1. The fraction of sp³-hybridized carbons (Fsp3) is 0.273. The molecule has 0 aliphatic rings. The number of carbonyl (C=O) groups is 1. The first kappa shape index (κ1) is 18.7. The van der Waals surface area contributed by atoms with Crippen molar-refractivity contribution in [2.75, 3.05) is 5.32 Å². The van der Waals surface area contributed by atoms with E-state index in [1.807, 2.05) is 61.7 Å². The summed E-state index contributed by atoms with van der Waals surface area (Å²) in [5.74, 6) is 0.412. The summed E-state index contributed by atoms with van der Waals surface area (Å²) in [6, 6.07) is 12.8. The summed E-state index contributed by atoms with van der Waals surface area (Å²) < 4.78 is 7.46. The van der Waals surface area contributed by atoms with Crippen molar-refractivity contribution in [2.45, 2.75) is 40.2 Å². The summed E-state index contributed by atoms with van der Waals surface area (Å²) in [7, 11) is 0. The van der Waals surface area contributed by atoms with Crippen molar-refractivity contribution < 1.29 is 9.21 Å². The molecule has 0 bridgehead atoms. The Morgan fingerprint density at radius 1 is 1.15 bits per heavy atom. The van der Waals surface area contributed by atoms with Crippen molar-refractivity contribution in [3.05, 3.63) is 87.2 Å². The van der Waals surface area contributed by atoms with E-state index in [-0.39, 0.29) is 16.9 Å². The zero-order valence-corrected chi connectivity index (χ0v) is 15.9. The summed E-state index contributed by atoms with van der Waals surface area (Å²) in [5, 5.41) is 2.90. The highest BCUT2D eigenvalue weighted by molar-refractivity contribution is 6.05. The Hall–Kier alpha value is -3.08. The molecule has 0 aliphatic heterocycles. The second kappa shape index (κ2) is 8.08. The Labute approximate surface area is 158 Å². The Kier molecular flexibility index (Phi) is 5.60. The van der Waals surface area contributed by atoms with E-state index in [2.05, 4.69) is 5.32 Å². The number of rotatable bonds is 6. The molecule has 5 nitrogen and oxygen atoms in total. The maximum atomic E-state index is 13.0. The number of hydrogen-bond acceptors (Lipinski definition) is 3. The van der Waals surface area contributed by atoms with Crippen molar-refractivity contribution in [3.63, 3.8) is 0 Å². The van der Waals surface area contributed by atoms with E-state index in [1.165, 1.54) is 6.07 Å². The van der Waals surface area contributed by atoms with Gasteiger partial charge in [0.15, 0.2) is 5.43 Å². The second-order valence-electron chi connectivity index (χ2n) is 6.66. The highest BCUT2D eigenvalue weighted by Crippen LogP contribution is 2.18. The van der Waals surface area contributed by atoms with Gasteiger partial charge in [-0.3, -0.25) is 9.59 Å². The molecule has 0 saturated carbocycles. The lowest BCUT2D eigenvalue weighted by atomic mass is 10.1. The van der Waals surface area contributed by atoms with E-state index in [4.69, 9.17) is 4.42 Å². The average Bonchev–Trinajstić information content (AvgIpc) is 3.13. The standard InChI is InChI=1S/C22H24N2O3/c1-4-8-19-21(22(26)23-18-11-6-5-9-15(18)2)20(25)13-16(3)24(19)14-17-10-7-12-27-17/h5-7,9-13H,4,8,14H2,1-3H3,(H,23,26). The van der Waals surface area contributed by atoms with E-state index < -0.39 is 0 Å². The highest BCUT2D eigenvalue weighted by atomic mass is 16.3. The number of aromatic nitrogens is 1. The lowest BCUT2D eigenvalue weighted by Gasteiger charge is -2.19. The molecule has 0 radical (unpaired) electrons. The molecule has 3 aromatic rings. The molecule has 3 rings (SSSR count). The summed E-state index contributed by atoms with van der Waals surface area (Å²) in [6.07, 6.45) is 3.08. The fourth-order valence-electron chi connectivity index (χ4n) is 3.25. The number of carbonyl (C=O) groups excluding carboxylic acids is 1. The quantitative estimate of drug-likeness (QED) is 0.709. The SMILES string of the molecule is CCCc1c(C(=O)Nc2ccccc2C)c(=O)cc(C)n1Cc1ccco1. The molecule has 0 spiro atoms. The molecular formula is C22H24N2O3. The van der Waals surface area contributed by atoms with Crippen LogP contribution in [-0.4, -0.2) is 10.5 Å². The van der Waals surface area contributed by atoms with Crippen LogP contribution >= 0.6 is 0 Å². The number of anilines is 1. The van der Waals surface area contributed by atoms with Crippen molar-refractivity contribution in [3.8, 4) is 0 Å². The number of amides is 1. The van der Waals surface area contributed by atoms with Gasteiger partial charge < -0.3 is 14.3 Å². The molecular weight excluding hydrogens is 340 g/mol. The predicted octanol–water partition coefficient (Wildman–Crippen LogP) is 4.31. The van der Waals surface area contributed by atoms with Gasteiger partial charge in [0.2, 0.25) is 0 Å². The van der Waals surface area contributed by atoms with Gasteiger partial charge >= 0.3 is 0 Å². The van der Waals surface area contributed by atoms with Gasteiger partial charge in [0.25, 0.3) is 5.91 Å². The molecule has 0 aliphatic carbocycles. The van der Waals surface area contributed by atoms with Crippen LogP contribution in [0.15, 0.2) is 57.9 Å². The first-order valence-corrected chi connectivity index (χ1v) is 9.14. The number of pyridine rings is 1. The summed E-state index contributed by atoms with van der Waals surface area (Å²) in [6.45, 7) is 6.32. The van der Waals surface area contributed by atoms with E-state index >= 15 is 0 Å². The van der Waals surface area contributed by atoms with Gasteiger partial charge in [-0.15, -0.1) is 0 Å². The number of nitrogens with zero attached hydrogens (tertiary/aromatic N) is 1. The monoisotopic (exact) mass is 364 g/mol. The zero-order valence-electron chi connectivity index (χ0n) is 15.9. The minimum Gasteiger partial charge on any atom is -0.467 e. The molecule has 2 aromatic heterocycles. The zero-order chi connectivity index (χ0) is 19.4. The van der Waals surface area contributed by atoms with Gasteiger partial charge in [-0.25, -0.2) is 0 Å². The van der Waals surface area contributed by atoms with Gasteiger partial charge in [0, 0.05) is 23.1 Å². The smallest absolute Gasteiger partial charge is 0.261 e. The molecule has 1 N–H and O–H groups in total. The number of hydrogen-bond donors (Lipinski definition) is 1. The number of nitrogens with one attached hydrogen (secondary N) is 1. The van der Waals surface area contributed by atoms with Crippen LogP contribution in [0.3, 0.4) is 0 Å². The van der Waals surface area contributed by atoms with Crippen LogP contribution in [0.25, 0.3) is 0 Å². The molecule has 2 heterocycles. The lowest BCUT2D eigenvalue weighted by Crippen LogP contribution is -2.28. The third kappa shape index (κ3) is 4.03. The minimum atomic E-state index is -0.369. The van der Waals surface area contributed by atoms with E-state index in [1.54, 1.807) is 6.26 Å². The van der Waals surface area contributed by atoms with Crippen LogP contribution in [0.4, 0.5) is 5.69 Å². The Bertz CT molecular complexity index is 1000. The summed E-state index contributed by atoms with van der Waals surface area (Å²) >= 11 is 0. The van der Waals surface area contributed by atoms with Gasteiger partial charge in [-0.05, 0) is 44.0 Å². The minimum absolute atomic E-state index is 0.206. The first-order chi connectivity index (χ1) is 13.0. The Balaban J connectivity index is 2.06. The van der Waals surface area contributed by atoms with Crippen molar-refractivity contribution >= 4 is 11.6 Å². The third-order valence-electron chi connectivity index (χ3n) is 4.63. The van der Waals surface area contributed by atoms with Gasteiger partial charge in [-0.2, -0.15) is 0 Å². The second-order valence-corrected chi connectivity index (χ2v) is 6.66. The Morgan fingerprint density at radius 3 is 2.59 bits per heavy atom. The number of aryl methyl sites for hydroxylation is 2. The maximum absolute atomic E-state index is 13.0. The fourth-order valence-corrected chi connectivity index (χ4v) is 3.25. The molecule has 1 amide bonds. The topological polar surface area (TPSA) is 64.2 Å². The molecule has 27 heavy (non-hydrogen) atoms. The lowest BCUT2D eigenvalue weighted by molar-refractivity contribution is 0.102. The molecule has 0 unspecified atom stereocenters. The van der Waals surface area contributed by atoms with Gasteiger partial charge in [0.05, 0.1) is 12.8 Å². The van der Waals surface area contributed by atoms with Crippen LogP contribution in [-0.2, 0) is 13.0 Å². The maximum Gasteiger partial charge on any atom is 0.261 e. The Morgan fingerprint density at radius 2 is 1.93 bits per heavy atom. The van der Waals surface area contributed by atoms with Crippen LogP contribution in [0.2, 0.25) is 0 Å². The van der Waals surface area contributed by atoms with Gasteiger partial charge in [-0.1, -0.05) is 31.5 Å². The predicted molar refractivity (Wildman–Crippen MR) is 106 cm³/mol. The molecule has 0 atom stereocenters. The normalized spacial score (nSPS) is 10.8. The largest absolute Gasteiger partial charge is 0.467 e. The van der Waals surface area contributed by atoms with Crippen LogP contribution in [0.1, 0.15) is 46.4 Å². The molecule has 140 valence electrons. The van der Waals surface area contributed by atoms with E-state index in [9.17, 15) is 9.59 Å². The van der Waals surface area contributed by atoms with Crippen molar-refractivity contribution in [2.24, 2.45) is 0 Å². The van der Waals surface area contributed by atoms with Crippen molar-refractivity contribution in [1.29, 1.82) is 0 Å². The summed E-state index contributed by atoms with van der Waals surface area (Å²) in [5.41, 5.74) is 3.17. The number of benzene rings is 1. The van der Waals surface area contributed by atoms with Gasteiger partial charge in [0.1, 0.15) is 11.3 Å². The van der Waals surface area contributed by atoms with Crippen LogP contribution < -0.4 is 10.7 Å². The third-order valence-corrected chi connectivity index (χ3v) is 4.63. The summed E-state index contributed by atoms with van der Waals surface area (Å²) in [4.78, 5) is 25.7. The molecule has 0 saturated heterocycles. The van der Waals surface area contributed by atoms with Crippen LogP contribution in [0, 0.1) is 13.8 Å². The first-order valence-electron chi connectivity index (χ1n) is 9.14.